The quantitative estimate of drug-likeness (QED) is 0.608. The summed E-state index contributed by atoms with van der Waals surface area (Å²) in [4.78, 5) is 42.4. The highest BCUT2D eigenvalue weighted by Gasteiger charge is 2.47. The molecular formula is C20H35N5O4. The molecule has 3 aliphatic heterocycles. The van der Waals surface area contributed by atoms with Crippen LogP contribution in [0, 0.1) is 5.92 Å². The first-order valence-corrected chi connectivity index (χ1v) is 10.7. The number of piperazine rings is 1. The molecule has 0 bridgehead atoms. The first-order valence-electron chi connectivity index (χ1n) is 10.7. The Hall–Kier alpha value is -1.87. The average molecular weight is 410 g/mol. The number of piperidine rings is 1. The Bertz CT molecular complexity index is 618. The third kappa shape index (κ3) is 5.60. The lowest BCUT2D eigenvalue weighted by Gasteiger charge is -2.39. The molecule has 29 heavy (non-hydrogen) atoms. The number of nitrogens with one attached hydrogen (secondary N) is 2. The van der Waals surface area contributed by atoms with Crippen LogP contribution in [0.1, 0.15) is 33.1 Å². The first kappa shape index (κ1) is 21.8. The summed E-state index contributed by atoms with van der Waals surface area (Å²) < 4.78 is 5.77. The van der Waals surface area contributed by atoms with Gasteiger partial charge in [-0.25, -0.2) is 4.79 Å². The van der Waals surface area contributed by atoms with E-state index >= 15 is 0 Å². The zero-order valence-electron chi connectivity index (χ0n) is 17.9. The van der Waals surface area contributed by atoms with Gasteiger partial charge in [-0.15, -0.1) is 0 Å². The van der Waals surface area contributed by atoms with E-state index in [4.69, 9.17) is 4.74 Å². The highest BCUT2D eigenvalue weighted by Crippen LogP contribution is 2.33. The molecule has 0 saturated carbocycles. The van der Waals surface area contributed by atoms with E-state index < -0.39 is 11.6 Å². The predicted molar refractivity (Wildman–Crippen MR) is 108 cm³/mol. The molecule has 9 nitrogen and oxygen atoms in total. The number of carbonyl (C=O) groups excluding carboxylic acids is 3. The second kappa shape index (κ2) is 9.30. The fourth-order valence-corrected chi connectivity index (χ4v) is 4.50. The van der Waals surface area contributed by atoms with Gasteiger partial charge in [0.05, 0.1) is 13.1 Å². The van der Waals surface area contributed by atoms with Crippen LogP contribution < -0.4 is 10.6 Å². The molecule has 3 heterocycles. The maximum Gasteiger partial charge on any atom is 0.410 e. The van der Waals surface area contributed by atoms with E-state index in [1.165, 1.54) is 0 Å². The second-order valence-electron chi connectivity index (χ2n) is 9.06. The maximum absolute atomic E-state index is 12.7. The lowest BCUT2D eigenvalue weighted by molar-refractivity contribution is -0.140. The van der Waals surface area contributed by atoms with Crippen LogP contribution in [0.4, 0.5) is 4.79 Å². The number of hydrogen-bond donors (Lipinski definition) is 2. The lowest BCUT2D eigenvalue weighted by atomic mass is 9.91. The van der Waals surface area contributed by atoms with Crippen LogP contribution in [-0.4, -0.2) is 104 Å². The number of carbonyl (C=O) groups is 3. The SMILES string of the molecule is CC(C)CN(C)CCCN1CC2(CCN(C(=O)[C@H]3CNCC(=O)N3)CC2)OC1=O. The van der Waals surface area contributed by atoms with E-state index in [0.29, 0.717) is 51.5 Å². The van der Waals surface area contributed by atoms with E-state index in [1.54, 1.807) is 4.90 Å². The zero-order valence-corrected chi connectivity index (χ0v) is 17.9. The Morgan fingerprint density at radius 1 is 1.31 bits per heavy atom. The third-order valence-corrected chi connectivity index (χ3v) is 5.94. The summed E-state index contributed by atoms with van der Waals surface area (Å²) in [5, 5.41) is 5.71. The summed E-state index contributed by atoms with van der Waals surface area (Å²) in [6.45, 7) is 9.52. The van der Waals surface area contributed by atoms with Crippen molar-refractivity contribution in [3.05, 3.63) is 0 Å². The Morgan fingerprint density at radius 3 is 2.69 bits per heavy atom. The van der Waals surface area contributed by atoms with Crippen molar-refractivity contribution in [3.63, 3.8) is 0 Å². The molecule has 0 aromatic heterocycles. The molecule has 3 fully saturated rings. The van der Waals surface area contributed by atoms with Crippen molar-refractivity contribution >= 4 is 17.9 Å². The van der Waals surface area contributed by atoms with E-state index in [-0.39, 0.29) is 24.5 Å². The minimum absolute atomic E-state index is 0.0604. The molecule has 0 unspecified atom stereocenters. The molecule has 3 aliphatic rings. The van der Waals surface area contributed by atoms with Crippen molar-refractivity contribution in [2.75, 3.05) is 59.4 Å². The molecule has 0 aromatic carbocycles. The third-order valence-electron chi connectivity index (χ3n) is 5.94. The number of likely N-dealkylation sites (tertiary alicyclic amines) is 1. The Kier molecular flexibility index (Phi) is 7.00. The maximum atomic E-state index is 12.7. The van der Waals surface area contributed by atoms with Crippen LogP contribution in [-0.2, 0) is 14.3 Å². The number of rotatable bonds is 7. The van der Waals surface area contributed by atoms with E-state index in [0.717, 1.165) is 19.5 Å². The smallest absolute Gasteiger partial charge is 0.410 e. The fourth-order valence-electron chi connectivity index (χ4n) is 4.50. The Balaban J connectivity index is 1.44. The minimum atomic E-state index is -0.504. The molecule has 1 spiro atoms. The van der Waals surface area contributed by atoms with Gasteiger partial charge in [-0.1, -0.05) is 13.8 Å². The summed E-state index contributed by atoms with van der Waals surface area (Å²) in [6, 6.07) is -0.504. The molecule has 164 valence electrons. The van der Waals surface area contributed by atoms with Gasteiger partial charge in [0.2, 0.25) is 11.8 Å². The first-order chi connectivity index (χ1) is 13.8. The molecule has 1 atom stereocenters. The molecule has 0 aliphatic carbocycles. The van der Waals surface area contributed by atoms with Gasteiger partial charge in [0.1, 0.15) is 11.6 Å². The van der Waals surface area contributed by atoms with Crippen molar-refractivity contribution in [2.45, 2.75) is 44.8 Å². The fraction of sp³-hybridized carbons (Fsp3) is 0.850. The summed E-state index contributed by atoms with van der Waals surface area (Å²) in [5.41, 5.74) is -0.480. The van der Waals surface area contributed by atoms with Crippen molar-refractivity contribution < 1.29 is 19.1 Å². The molecule has 3 rings (SSSR count). The molecule has 9 heteroatoms. The number of hydrogen-bond acceptors (Lipinski definition) is 6. The largest absolute Gasteiger partial charge is 0.441 e. The van der Waals surface area contributed by atoms with E-state index in [1.807, 2.05) is 4.90 Å². The molecule has 0 radical (unpaired) electrons. The van der Waals surface area contributed by atoms with Gasteiger partial charge in [0, 0.05) is 45.6 Å². The van der Waals surface area contributed by atoms with Crippen molar-refractivity contribution in [3.8, 4) is 0 Å². The van der Waals surface area contributed by atoms with Gasteiger partial charge < -0.3 is 30.1 Å². The van der Waals surface area contributed by atoms with Gasteiger partial charge in [0.25, 0.3) is 0 Å². The molecule has 3 saturated heterocycles. The molecular weight excluding hydrogens is 374 g/mol. The lowest BCUT2D eigenvalue weighted by Crippen LogP contribution is -2.60. The van der Waals surface area contributed by atoms with E-state index in [9.17, 15) is 14.4 Å². The highest BCUT2D eigenvalue weighted by molar-refractivity contribution is 5.89. The summed E-state index contributed by atoms with van der Waals surface area (Å²) in [5.74, 6) is 0.419. The molecule has 0 aromatic rings. The molecule has 3 amide bonds. The van der Waals surface area contributed by atoms with Crippen LogP contribution in [0.2, 0.25) is 0 Å². The second-order valence-corrected chi connectivity index (χ2v) is 9.06. The van der Waals surface area contributed by atoms with Gasteiger partial charge in [-0.2, -0.15) is 0 Å². The zero-order chi connectivity index (χ0) is 21.0. The van der Waals surface area contributed by atoms with Gasteiger partial charge in [-0.3, -0.25) is 9.59 Å². The highest BCUT2D eigenvalue weighted by atomic mass is 16.6. The Morgan fingerprint density at radius 2 is 2.03 bits per heavy atom. The number of amides is 3. The standard InChI is InChI=1S/C20H35N5O4/c1-15(2)13-23(3)7-4-8-25-14-20(29-19(25)28)5-9-24(10-6-20)18(27)16-11-21-12-17(26)22-16/h15-16,21H,4-14H2,1-3H3,(H,22,26)/t16-/m1/s1. The normalized spacial score (nSPS) is 24.4. The van der Waals surface area contributed by atoms with Gasteiger partial charge >= 0.3 is 6.09 Å². The number of ether oxygens (including phenoxy) is 1. The molecule has 2 N–H and O–H groups in total. The van der Waals surface area contributed by atoms with Crippen LogP contribution in [0.25, 0.3) is 0 Å². The summed E-state index contributed by atoms with van der Waals surface area (Å²) >= 11 is 0. The van der Waals surface area contributed by atoms with Crippen molar-refractivity contribution in [1.29, 1.82) is 0 Å². The minimum Gasteiger partial charge on any atom is -0.441 e. The average Bonchev–Trinajstić information content (AvgIpc) is 2.96. The van der Waals surface area contributed by atoms with Gasteiger partial charge in [-0.05, 0) is 25.9 Å². The number of nitrogens with zero attached hydrogens (tertiary/aromatic N) is 3. The summed E-state index contributed by atoms with van der Waals surface area (Å²) in [6.07, 6.45) is 1.97. The summed E-state index contributed by atoms with van der Waals surface area (Å²) in [7, 11) is 2.11. The van der Waals surface area contributed by atoms with Crippen LogP contribution in [0.3, 0.4) is 0 Å². The van der Waals surface area contributed by atoms with Crippen LogP contribution >= 0.6 is 0 Å². The van der Waals surface area contributed by atoms with Crippen molar-refractivity contribution in [1.82, 2.24) is 25.3 Å². The Labute approximate surface area is 173 Å². The monoisotopic (exact) mass is 409 g/mol. The van der Waals surface area contributed by atoms with Crippen molar-refractivity contribution in [2.24, 2.45) is 5.92 Å². The van der Waals surface area contributed by atoms with E-state index in [2.05, 4.69) is 36.4 Å². The van der Waals surface area contributed by atoms with Crippen LogP contribution in [0.5, 0.6) is 0 Å². The van der Waals surface area contributed by atoms with Crippen LogP contribution in [0.15, 0.2) is 0 Å². The van der Waals surface area contributed by atoms with Gasteiger partial charge in [0.15, 0.2) is 0 Å². The predicted octanol–water partition coefficient (Wildman–Crippen LogP) is -0.134. The topological polar surface area (TPSA) is 94.2 Å².